The number of nitrogens with one attached hydrogen (secondary N) is 1. The molecular weight excluding hydrogens is 290 g/mol. The Labute approximate surface area is 116 Å². The maximum absolute atomic E-state index is 5.80. The number of hydrogen-bond donors (Lipinski definition) is 2. The van der Waals surface area contributed by atoms with Crippen LogP contribution in [0.4, 0.5) is 0 Å². The summed E-state index contributed by atoms with van der Waals surface area (Å²) in [5.41, 5.74) is 8.82. The van der Waals surface area contributed by atoms with Gasteiger partial charge in [0.25, 0.3) is 0 Å². The van der Waals surface area contributed by atoms with Gasteiger partial charge in [-0.3, -0.25) is 0 Å². The van der Waals surface area contributed by atoms with Crippen molar-refractivity contribution in [3.8, 4) is 11.3 Å². The summed E-state index contributed by atoms with van der Waals surface area (Å²) in [6, 6.07) is 8.10. The highest BCUT2D eigenvalue weighted by Crippen LogP contribution is 2.31. The normalized spacial score (nSPS) is 11.8. The second-order valence-corrected chi connectivity index (χ2v) is 5.98. The fraction of sp³-hybridized carbons (Fsp3) is 0.357. The minimum absolute atomic E-state index is 0.135. The van der Waals surface area contributed by atoms with E-state index in [-0.39, 0.29) is 5.41 Å². The van der Waals surface area contributed by atoms with Crippen molar-refractivity contribution in [1.82, 2.24) is 9.97 Å². The van der Waals surface area contributed by atoms with E-state index in [4.69, 9.17) is 10.7 Å². The number of aryl methyl sites for hydroxylation is 1. The van der Waals surface area contributed by atoms with Gasteiger partial charge in [-0.15, -0.1) is 0 Å². The summed E-state index contributed by atoms with van der Waals surface area (Å²) in [6.45, 7) is 6.79. The van der Waals surface area contributed by atoms with Crippen LogP contribution in [0.1, 0.15) is 25.4 Å². The van der Waals surface area contributed by atoms with E-state index in [9.17, 15) is 0 Å². The highest BCUT2D eigenvalue weighted by Gasteiger charge is 2.24. The lowest BCUT2D eigenvalue weighted by atomic mass is 9.93. The van der Waals surface area contributed by atoms with Crippen LogP contribution in [0.25, 0.3) is 11.3 Å². The van der Waals surface area contributed by atoms with Gasteiger partial charge in [0.1, 0.15) is 5.82 Å². The third kappa shape index (κ3) is 2.35. The molecule has 18 heavy (non-hydrogen) atoms. The van der Waals surface area contributed by atoms with Crippen molar-refractivity contribution in [3.05, 3.63) is 40.3 Å². The fourth-order valence-corrected chi connectivity index (χ4v) is 2.27. The minimum Gasteiger partial charge on any atom is -0.345 e. The molecule has 0 amide bonds. The predicted octanol–water partition coefficient (Wildman–Crippen LogP) is 3.38. The molecule has 0 fully saturated rings. The van der Waals surface area contributed by atoms with Gasteiger partial charge in [0, 0.05) is 27.7 Å². The zero-order valence-electron chi connectivity index (χ0n) is 10.9. The number of hydrogen-bond acceptors (Lipinski definition) is 2. The Morgan fingerprint density at radius 1 is 1.33 bits per heavy atom. The van der Waals surface area contributed by atoms with Crippen LogP contribution in [0, 0.1) is 6.92 Å². The standard InChI is InChI=1S/C14H18BrN3/c1-9-12(10-6-4-5-7-11(10)15)18-13(17-9)14(2,3)8-16/h4-7H,8,16H2,1-3H3,(H,17,18). The molecule has 0 aliphatic rings. The molecule has 4 heteroatoms. The van der Waals surface area contributed by atoms with Gasteiger partial charge in [0.05, 0.1) is 5.69 Å². The molecule has 2 rings (SSSR count). The Morgan fingerprint density at radius 2 is 2.00 bits per heavy atom. The molecular formula is C14H18BrN3. The molecule has 0 spiro atoms. The number of imidazole rings is 1. The Kier molecular flexibility index (Phi) is 3.59. The molecule has 3 nitrogen and oxygen atoms in total. The number of nitrogens with two attached hydrogens (primary N) is 1. The maximum Gasteiger partial charge on any atom is 0.113 e. The number of rotatable bonds is 3. The van der Waals surface area contributed by atoms with Crippen LogP contribution in [-0.2, 0) is 5.41 Å². The Hall–Kier alpha value is -1.13. The molecule has 1 aromatic heterocycles. The maximum atomic E-state index is 5.80. The van der Waals surface area contributed by atoms with E-state index in [0.717, 1.165) is 27.2 Å². The minimum atomic E-state index is -0.135. The third-order valence-corrected chi connectivity index (χ3v) is 3.86. The first-order valence-corrected chi connectivity index (χ1v) is 6.77. The van der Waals surface area contributed by atoms with Crippen LogP contribution in [0.2, 0.25) is 0 Å². The summed E-state index contributed by atoms with van der Waals surface area (Å²) < 4.78 is 1.05. The molecule has 0 radical (unpaired) electrons. The summed E-state index contributed by atoms with van der Waals surface area (Å²) in [7, 11) is 0. The highest BCUT2D eigenvalue weighted by molar-refractivity contribution is 9.10. The van der Waals surface area contributed by atoms with E-state index < -0.39 is 0 Å². The van der Waals surface area contributed by atoms with Crippen molar-refractivity contribution in [2.24, 2.45) is 5.73 Å². The van der Waals surface area contributed by atoms with Crippen LogP contribution < -0.4 is 5.73 Å². The van der Waals surface area contributed by atoms with Crippen molar-refractivity contribution in [3.63, 3.8) is 0 Å². The number of nitrogens with zero attached hydrogens (tertiary/aromatic N) is 1. The predicted molar refractivity (Wildman–Crippen MR) is 78.5 cm³/mol. The van der Waals surface area contributed by atoms with Gasteiger partial charge in [0.2, 0.25) is 0 Å². The number of halogens is 1. The van der Waals surface area contributed by atoms with E-state index in [1.165, 1.54) is 0 Å². The van der Waals surface area contributed by atoms with Gasteiger partial charge < -0.3 is 10.7 Å². The lowest BCUT2D eigenvalue weighted by molar-refractivity contribution is 0.507. The van der Waals surface area contributed by atoms with Crippen molar-refractivity contribution < 1.29 is 0 Å². The smallest absolute Gasteiger partial charge is 0.113 e. The lowest BCUT2D eigenvalue weighted by Crippen LogP contribution is -2.29. The number of H-pyrrole nitrogens is 1. The first-order valence-electron chi connectivity index (χ1n) is 5.98. The zero-order chi connectivity index (χ0) is 13.3. The van der Waals surface area contributed by atoms with Gasteiger partial charge in [0.15, 0.2) is 0 Å². The molecule has 0 saturated heterocycles. The van der Waals surface area contributed by atoms with Gasteiger partial charge in [-0.25, -0.2) is 4.98 Å². The van der Waals surface area contributed by atoms with Crippen molar-refractivity contribution in [2.45, 2.75) is 26.2 Å². The zero-order valence-corrected chi connectivity index (χ0v) is 12.5. The van der Waals surface area contributed by atoms with E-state index in [1.807, 2.05) is 25.1 Å². The Bertz CT molecular complexity index is 558. The SMILES string of the molecule is Cc1[nH]c(C(C)(C)CN)nc1-c1ccccc1Br. The summed E-state index contributed by atoms with van der Waals surface area (Å²) in [5.74, 6) is 0.938. The molecule has 0 atom stereocenters. The monoisotopic (exact) mass is 307 g/mol. The summed E-state index contributed by atoms with van der Waals surface area (Å²) in [4.78, 5) is 8.07. The highest BCUT2D eigenvalue weighted by atomic mass is 79.9. The number of aromatic nitrogens is 2. The van der Waals surface area contributed by atoms with Crippen LogP contribution >= 0.6 is 15.9 Å². The number of benzene rings is 1. The average Bonchev–Trinajstić information content (AvgIpc) is 2.73. The van der Waals surface area contributed by atoms with Crippen molar-refractivity contribution in [1.29, 1.82) is 0 Å². The molecule has 96 valence electrons. The van der Waals surface area contributed by atoms with Gasteiger partial charge in [-0.05, 0) is 13.0 Å². The molecule has 2 aromatic rings. The summed E-state index contributed by atoms with van der Waals surface area (Å²) >= 11 is 3.57. The molecule has 0 saturated carbocycles. The molecule has 3 N–H and O–H groups in total. The van der Waals surface area contributed by atoms with E-state index in [0.29, 0.717) is 6.54 Å². The fourth-order valence-electron chi connectivity index (χ4n) is 1.79. The topological polar surface area (TPSA) is 54.7 Å². The summed E-state index contributed by atoms with van der Waals surface area (Å²) in [6.07, 6.45) is 0. The van der Waals surface area contributed by atoms with Crippen molar-refractivity contribution in [2.75, 3.05) is 6.54 Å². The largest absolute Gasteiger partial charge is 0.345 e. The van der Waals surface area contributed by atoms with Gasteiger partial charge >= 0.3 is 0 Å². The van der Waals surface area contributed by atoms with Crippen LogP contribution in [0.15, 0.2) is 28.7 Å². The van der Waals surface area contributed by atoms with Crippen LogP contribution in [0.5, 0.6) is 0 Å². The van der Waals surface area contributed by atoms with E-state index >= 15 is 0 Å². The van der Waals surface area contributed by atoms with Crippen LogP contribution in [-0.4, -0.2) is 16.5 Å². The molecule has 0 aliphatic heterocycles. The average molecular weight is 308 g/mol. The lowest BCUT2D eigenvalue weighted by Gasteiger charge is -2.18. The van der Waals surface area contributed by atoms with Crippen molar-refractivity contribution >= 4 is 15.9 Å². The molecule has 1 heterocycles. The molecule has 1 aromatic carbocycles. The first-order chi connectivity index (χ1) is 8.45. The van der Waals surface area contributed by atoms with E-state index in [1.54, 1.807) is 0 Å². The number of aromatic amines is 1. The second-order valence-electron chi connectivity index (χ2n) is 5.13. The second kappa shape index (κ2) is 4.86. The molecule has 0 bridgehead atoms. The van der Waals surface area contributed by atoms with Gasteiger partial charge in [-0.1, -0.05) is 48.0 Å². The Morgan fingerprint density at radius 3 is 2.61 bits per heavy atom. The Balaban J connectivity index is 2.52. The third-order valence-electron chi connectivity index (χ3n) is 3.17. The quantitative estimate of drug-likeness (QED) is 0.913. The molecule has 0 unspecified atom stereocenters. The van der Waals surface area contributed by atoms with Crippen LogP contribution in [0.3, 0.4) is 0 Å². The van der Waals surface area contributed by atoms with E-state index in [2.05, 4.69) is 40.8 Å². The molecule has 0 aliphatic carbocycles. The first kappa shape index (κ1) is 13.3. The van der Waals surface area contributed by atoms with Gasteiger partial charge in [-0.2, -0.15) is 0 Å². The summed E-state index contributed by atoms with van der Waals surface area (Å²) in [5, 5.41) is 0.